The van der Waals surface area contributed by atoms with E-state index in [0.717, 1.165) is 0 Å². The van der Waals surface area contributed by atoms with Gasteiger partial charge in [0.25, 0.3) is 5.91 Å². The fraction of sp³-hybridized carbons (Fsp3) is 0.333. The number of nitro benzene ring substituents is 1. The lowest BCUT2D eigenvalue weighted by molar-refractivity contribution is -0.386. The lowest BCUT2D eigenvalue weighted by Gasteiger charge is -2.14. The van der Waals surface area contributed by atoms with Gasteiger partial charge in [0.2, 0.25) is 0 Å². The van der Waals surface area contributed by atoms with E-state index in [4.69, 9.17) is 10.5 Å². The minimum atomic E-state index is -1.11. The number of benzene rings is 1. The van der Waals surface area contributed by atoms with E-state index in [2.05, 4.69) is 5.32 Å². The van der Waals surface area contributed by atoms with Crippen molar-refractivity contribution in [3.63, 3.8) is 0 Å². The Morgan fingerprint density at radius 1 is 1.48 bits per heavy atom. The van der Waals surface area contributed by atoms with E-state index in [1.807, 2.05) is 5.32 Å². The van der Waals surface area contributed by atoms with Crippen LogP contribution in [0.5, 0.6) is 5.75 Å². The summed E-state index contributed by atoms with van der Waals surface area (Å²) in [6.45, 7) is 1.81. The number of ether oxygens (including phenoxy) is 1. The molecule has 0 fully saturated rings. The Morgan fingerprint density at radius 2 is 2.14 bits per heavy atom. The van der Waals surface area contributed by atoms with E-state index in [9.17, 15) is 19.7 Å². The average Bonchev–Trinajstić information content (AvgIpc) is 2.39. The van der Waals surface area contributed by atoms with Crippen molar-refractivity contribution in [1.82, 2.24) is 10.6 Å². The summed E-state index contributed by atoms with van der Waals surface area (Å²) >= 11 is 0. The van der Waals surface area contributed by atoms with Crippen LogP contribution in [-0.4, -0.2) is 30.0 Å². The summed E-state index contributed by atoms with van der Waals surface area (Å²) in [5.74, 6) is -0.844. The van der Waals surface area contributed by atoms with Crippen molar-refractivity contribution in [2.45, 2.75) is 19.6 Å². The van der Waals surface area contributed by atoms with E-state index >= 15 is 0 Å². The van der Waals surface area contributed by atoms with Crippen molar-refractivity contribution in [2.24, 2.45) is 5.73 Å². The maximum atomic E-state index is 11.5. The monoisotopic (exact) mass is 296 g/mol. The van der Waals surface area contributed by atoms with Crippen molar-refractivity contribution >= 4 is 17.6 Å². The number of nitrogens with zero attached hydrogens (tertiary/aromatic N) is 1. The van der Waals surface area contributed by atoms with Crippen LogP contribution in [0.1, 0.15) is 12.5 Å². The van der Waals surface area contributed by atoms with E-state index in [-0.39, 0.29) is 11.4 Å². The minimum absolute atomic E-state index is 0.0630. The van der Waals surface area contributed by atoms with Crippen LogP contribution in [0.2, 0.25) is 0 Å². The van der Waals surface area contributed by atoms with Crippen LogP contribution in [0.15, 0.2) is 18.2 Å². The maximum absolute atomic E-state index is 11.5. The van der Waals surface area contributed by atoms with Crippen molar-refractivity contribution in [3.05, 3.63) is 33.9 Å². The molecule has 0 aromatic heterocycles. The van der Waals surface area contributed by atoms with Crippen molar-refractivity contribution in [2.75, 3.05) is 7.05 Å². The van der Waals surface area contributed by atoms with Crippen LogP contribution in [0.3, 0.4) is 0 Å². The maximum Gasteiger partial charge on any atom is 0.318 e. The molecule has 9 nitrogen and oxygen atoms in total. The Balaban J connectivity index is 2.94. The van der Waals surface area contributed by atoms with Gasteiger partial charge in [0.1, 0.15) is 0 Å². The highest BCUT2D eigenvalue weighted by Gasteiger charge is 2.22. The lowest BCUT2D eigenvalue weighted by atomic mass is 10.2. The zero-order valence-corrected chi connectivity index (χ0v) is 11.6. The number of hydrogen-bond acceptors (Lipinski definition) is 6. The molecular weight excluding hydrogens is 280 g/mol. The predicted molar refractivity (Wildman–Crippen MR) is 73.7 cm³/mol. The quantitative estimate of drug-likeness (QED) is 0.509. The molecular formula is C12H16N4O5. The molecule has 3 amide bonds. The van der Waals surface area contributed by atoms with Gasteiger partial charge in [-0.2, -0.15) is 0 Å². The van der Waals surface area contributed by atoms with Gasteiger partial charge >= 0.3 is 11.7 Å². The van der Waals surface area contributed by atoms with E-state index in [1.54, 1.807) is 13.1 Å². The summed E-state index contributed by atoms with van der Waals surface area (Å²) in [4.78, 5) is 32.5. The second-order valence-electron chi connectivity index (χ2n) is 4.20. The minimum Gasteiger partial charge on any atom is -0.474 e. The highest BCUT2D eigenvalue weighted by molar-refractivity contribution is 5.95. The zero-order valence-electron chi connectivity index (χ0n) is 11.6. The van der Waals surface area contributed by atoms with Crippen molar-refractivity contribution < 1.29 is 19.2 Å². The molecule has 0 saturated carbocycles. The molecule has 9 heteroatoms. The number of carbonyl (C=O) groups is 2. The summed E-state index contributed by atoms with van der Waals surface area (Å²) in [5.41, 5.74) is 5.25. The van der Waals surface area contributed by atoms with Crippen LogP contribution in [0.25, 0.3) is 0 Å². The normalized spacial score (nSPS) is 11.5. The molecule has 1 aromatic rings. The third-order valence-electron chi connectivity index (χ3n) is 2.52. The number of urea groups is 1. The van der Waals surface area contributed by atoms with Gasteiger partial charge in [-0.25, -0.2) is 4.79 Å². The number of hydrogen-bond donors (Lipinski definition) is 3. The summed E-state index contributed by atoms with van der Waals surface area (Å²) in [7, 11) is 1.71. The van der Waals surface area contributed by atoms with Crippen LogP contribution in [-0.2, 0) is 11.3 Å². The molecule has 21 heavy (non-hydrogen) atoms. The summed E-state index contributed by atoms with van der Waals surface area (Å²) < 4.78 is 5.22. The van der Waals surface area contributed by atoms with Crippen LogP contribution < -0.4 is 21.1 Å². The number of imide groups is 1. The van der Waals surface area contributed by atoms with Gasteiger partial charge in [0.05, 0.1) is 4.92 Å². The van der Waals surface area contributed by atoms with Gasteiger partial charge in [-0.3, -0.25) is 20.2 Å². The molecule has 0 aliphatic heterocycles. The number of primary amides is 1. The first-order valence-corrected chi connectivity index (χ1v) is 6.04. The smallest absolute Gasteiger partial charge is 0.318 e. The number of nitro groups is 1. The molecule has 0 bridgehead atoms. The van der Waals surface area contributed by atoms with E-state index in [0.29, 0.717) is 12.1 Å². The van der Waals surface area contributed by atoms with Crippen LogP contribution >= 0.6 is 0 Å². The topological polar surface area (TPSA) is 137 Å². The fourth-order valence-corrected chi connectivity index (χ4v) is 1.59. The molecule has 1 unspecified atom stereocenters. The van der Waals surface area contributed by atoms with Crippen LogP contribution in [0, 0.1) is 10.1 Å². The Bertz CT molecular complexity index is 561. The number of amides is 3. The van der Waals surface area contributed by atoms with Gasteiger partial charge in [-0.1, -0.05) is 6.07 Å². The lowest BCUT2D eigenvalue weighted by Crippen LogP contribution is -2.42. The molecule has 114 valence electrons. The molecule has 1 aromatic carbocycles. The Hall–Kier alpha value is -2.68. The fourth-order valence-electron chi connectivity index (χ4n) is 1.59. The van der Waals surface area contributed by atoms with E-state index < -0.39 is 23.0 Å². The van der Waals surface area contributed by atoms with Crippen LogP contribution in [0.4, 0.5) is 10.5 Å². The highest BCUT2D eigenvalue weighted by atomic mass is 16.6. The first kappa shape index (κ1) is 16.4. The Kier molecular flexibility index (Phi) is 5.61. The molecule has 0 saturated heterocycles. The number of nitrogens with two attached hydrogens (primary N) is 1. The molecule has 0 heterocycles. The van der Waals surface area contributed by atoms with Gasteiger partial charge in [-0.05, 0) is 25.6 Å². The third kappa shape index (κ3) is 4.73. The van der Waals surface area contributed by atoms with Gasteiger partial charge in [0, 0.05) is 12.6 Å². The standard InChI is InChI=1S/C12H16N4O5/c1-7(11(17)15-12(13)18)21-10-4-3-8(6-14-2)5-9(10)16(19)20/h3-5,7,14H,6H2,1-2H3,(H3,13,15,17,18). The summed E-state index contributed by atoms with van der Waals surface area (Å²) in [5, 5.41) is 15.7. The highest BCUT2D eigenvalue weighted by Crippen LogP contribution is 2.28. The molecule has 0 aliphatic carbocycles. The number of nitrogens with one attached hydrogen (secondary N) is 2. The molecule has 0 radical (unpaired) electrons. The Morgan fingerprint density at radius 3 is 2.67 bits per heavy atom. The molecule has 0 spiro atoms. The number of carbonyl (C=O) groups excluding carboxylic acids is 2. The summed E-state index contributed by atoms with van der Waals surface area (Å²) in [6, 6.07) is 3.37. The SMILES string of the molecule is CNCc1ccc(OC(C)C(=O)NC(N)=O)c([N+](=O)[O-])c1. The van der Waals surface area contributed by atoms with Gasteiger partial charge in [-0.15, -0.1) is 0 Å². The third-order valence-corrected chi connectivity index (χ3v) is 2.52. The largest absolute Gasteiger partial charge is 0.474 e. The first-order valence-electron chi connectivity index (χ1n) is 6.04. The number of rotatable bonds is 6. The second-order valence-corrected chi connectivity index (χ2v) is 4.20. The Labute approximate surface area is 120 Å². The zero-order chi connectivity index (χ0) is 16.0. The van der Waals surface area contributed by atoms with Crippen molar-refractivity contribution in [1.29, 1.82) is 0 Å². The average molecular weight is 296 g/mol. The van der Waals surface area contributed by atoms with Crippen molar-refractivity contribution in [3.8, 4) is 5.75 Å². The predicted octanol–water partition coefficient (Wildman–Crippen LogP) is 0.276. The molecule has 4 N–H and O–H groups in total. The van der Waals surface area contributed by atoms with E-state index in [1.165, 1.54) is 19.1 Å². The van der Waals surface area contributed by atoms with Gasteiger partial charge < -0.3 is 15.8 Å². The molecule has 1 rings (SSSR count). The molecule has 1 atom stereocenters. The second kappa shape index (κ2) is 7.20. The first-order chi connectivity index (χ1) is 9.85. The van der Waals surface area contributed by atoms with Gasteiger partial charge in [0.15, 0.2) is 11.9 Å². The molecule has 0 aliphatic rings. The summed E-state index contributed by atoms with van der Waals surface area (Å²) in [6.07, 6.45) is -1.11.